The molecule has 2 N–H and O–H groups in total. The Morgan fingerprint density at radius 2 is 2.21 bits per heavy atom. The summed E-state index contributed by atoms with van der Waals surface area (Å²) in [5.74, 6) is 1.59. The normalized spacial score (nSPS) is 12.8. The fraction of sp³-hybridized carbons (Fsp3) is 0.538. The molecule has 0 aliphatic carbocycles. The van der Waals surface area contributed by atoms with E-state index in [-0.39, 0.29) is 0 Å². The number of hydrogen-bond donors (Lipinski definition) is 2. The van der Waals surface area contributed by atoms with Crippen molar-refractivity contribution in [2.24, 2.45) is 0 Å². The van der Waals surface area contributed by atoms with E-state index in [1.165, 1.54) is 6.33 Å². The number of fused-ring (bicyclic) bond motifs is 1. The van der Waals surface area contributed by atoms with E-state index in [1.807, 2.05) is 13.8 Å². The van der Waals surface area contributed by atoms with Crippen LogP contribution in [0.2, 0.25) is 0 Å². The van der Waals surface area contributed by atoms with Crippen molar-refractivity contribution in [2.45, 2.75) is 26.4 Å². The number of ether oxygens (including phenoxy) is 1. The Morgan fingerprint density at radius 3 is 2.95 bits per heavy atom. The van der Waals surface area contributed by atoms with Crippen LogP contribution in [0.15, 0.2) is 10.7 Å². The maximum atomic E-state index is 9.58. The van der Waals surface area contributed by atoms with Gasteiger partial charge in [0, 0.05) is 19.2 Å². The number of nitrogens with one attached hydrogen (secondary N) is 1. The van der Waals surface area contributed by atoms with E-state index < -0.39 is 6.10 Å². The minimum absolute atomic E-state index is 0.338. The molecule has 2 aromatic heterocycles. The number of aromatic nitrogens is 2. The lowest BCUT2D eigenvalue weighted by Gasteiger charge is -2.10. The topological polar surface area (TPSA) is 80.4 Å². The largest absolute Gasteiger partial charge is 0.443 e. The van der Waals surface area contributed by atoms with Gasteiger partial charge in [0.25, 0.3) is 0 Å². The molecule has 0 aliphatic rings. The summed E-state index contributed by atoms with van der Waals surface area (Å²) in [4.78, 5) is 8.34. The Kier molecular flexibility index (Phi) is 4.34. The molecule has 0 spiro atoms. The summed E-state index contributed by atoms with van der Waals surface area (Å²) in [6.07, 6.45) is 1.59. The number of methoxy groups -OCH3 is 1. The standard InChI is InChI=1S/C13H19N3O3/c1-8-9(2)19-13-11(8)12(15-7-16-13)14-5-4-10(17)6-18-3/h7,10,17H,4-6H2,1-3H3,(H,14,15,16). The van der Waals surface area contributed by atoms with Gasteiger partial charge in [-0.1, -0.05) is 0 Å². The summed E-state index contributed by atoms with van der Waals surface area (Å²) >= 11 is 0. The van der Waals surface area contributed by atoms with Gasteiger partial charge in [-0.25, -0.2) is 9.97 Å². The third-order valence-electron chi connectivity index (χ3n) is 3.09. The van der Waals surface area contributed by atoms with Gasteiger partial charge in [-0.05, 0) is 20.3 Å². The lowest BCUT2D eigenvalue weighted by atomic mass is 10.2. The number of aliphatic hydroxyl groups is 1. The summed E-state index contributed by atoms with van der Waals surface area (Å²) in [5, 5.41) is 13.7. The Bertz CT molecular complexity index is 553. The second-order valence-corrected chi connectivity index (χ2v) is 4.51. The van der Waals surface area contributed by atoms with Crippen LogP contribution < -0.4 is 5.32 Å². The molecule has 1 atom stereocenters. The summed E-state index contributed by atoms with van der Waals surface area (Å²) in [6, 6.07) is 0. The Hall–Kier alpha value is -1.66. The van der Waals surface area contributed by atoms with Crippen LogP contribution in [0, 0.1) is 13.8 Å². The van der Waals surface area contributed by atoms with Crippen LogP contribution in [0.3, 0.4) is 0 Å². The van der Waals surface area contributed by atoms with Crippen LogP contribution in [0.5, 0.6) is 0 Å². The van der Waals surface area contributed by atoms with Crippen molar-refractivity contribution in [1.82, 2.24) is 9.97 Å². The molecular formula is C13H19N3O3. The molecule has 2 aromatic rings. The van der Waals surface area contributed by atoms with Gasteiger partial charge in [-0.2, -0.15) is 0 Å². The Balaban J connectivity index is 2.08. The van der Waals surface area contributed by atoms with Gasteiger partial charge in [-0.15, -0.1) is 0 Å². The van der Waals surface area contributed by atoms with E-state index in [0.29, 0.717) is 25.3 Å². The molecule has 2 heterocycles. The first kappa shape index (κ1) is 13.8. The first-order valence-corrected chi connectivity index (χ1v) is 6.25. The number of nitrogens with zero attached hydrogens (tertiary/aromatic N) is 2. The molecule has 0 aromatic carbocycles. The Morgan fingerprint density at radius 1 is 1.42 bits per heavy atom. The molecular weight excluding hydrogens is 246 g/mol. The molecule has 0 saturated heterocycles. The van der Waals surface area contributed by atoms with E-state index in [9.17, 15) is 5.11 Å². The predicted molar refractivity (Wildman–Crippen MR) is 72.3 cm³/mol. The molecule has 0 saturated carbocycles. The quantitative estimate of drug-likeness (QED) is 0.826. The van der Waals surface area contributed by atoms with E-state index in [0.717, 1.165) is 22.5 Å². The van der Waals surface area contributed by atoms with Crippen molar-refractivity contribution in [3.63, 3.8) is 0 Å². The summed E-state index contributed by atoms with van der Waals surface area (Å²) in [7, 11) is 1.57. The highest BCUT2D eigenvalue weighted by Crippen LogP contribution is 2.27. The highest BCUT2D eigenvalue weighted by atomic mass is 16.5. The van der Waals surface area contributed by atoms with Gasteiger partial charge in [-0.3, -0.25) is 0 Å². The van der Waals surface area contributed by atoms with Crippen molar-refractivity contribution < 1.29 is 14.3 Å². The molecule has 0 radical (unpaired) electrons. The van der Waals surface area contributed by atoms with E-state index in [2.05, 4.69) is 15.3 Å². The van der Waals surface area contributed by atoms with Gasteiger partial charge in [0.05, 0.1) is 18.1 Å². The van der Waals surface area contributed by atoms with Crippen molar-refractivity contribution in [2.75, 3.05) is 25.6 Å². The number of anilines is 1. The van der Waals surface area contributed by atoms with Crippen molar-refractivity contribution in [1.29, 1.82) is 0 Å². The average Bonchev–Trinajstić information content (AvgIpc) is 2.66. The molecule has 6 heteroatoms. The van der Waals surface area contributed by atoms with Crippen molar-refractivity contribution >= 4 is 16.9 Å². The third kappa shape index (κ3) is 3.02. The lowest BCUT2D eigenvalue weighted by molar-refractivity contribution is 0.0615. The highest BCUT2D eigenvalue weighted by molar-refractivity contribution is 5.89. The minimum atomic E-state index is -0.470. The SMILES string of the molecule is COCC(O)CCNc1ncnc2oc(C)c(C)c12. The van der Waals surface area contributed by atoms with Crippen LogP contribution in [0.4, 0.5) is 5.82 Å². The van der Waals surface area contributed by atoms with E-state index >= 15 is 0 Å². The summed E-state index contributed by atoms with van der Waals surface area (Å²) < 4.78 is 10.4. The van der Waals surface area contributed by atoms with Crippen LogP contribution in [-0.2, 0) is 4.74 Å². The molecule has 0 amide bonds. The molecule has 6 nitrogen and oxygen atoms in total. The van der Waals surface area contributed by atoms with Crippen LogP contribution in [0.25, 0.3) is 11.1 Å². The third-order valence-corrected chi connectivity index (χ3v) is 3.09. The van der Waals surface area contributed by atoms with Gasteiger partial charge >= 0.3 is 0 Å². The fourth-order valence-electron chi connectivity index (χ4n) is 1.95. The summed E-state index contributed by atoms with van der Waals surface area (Å²) in [5.41, 5.74) is 1.63. The lowest BCUT2D eigenvalue weighted by Crippen LogP contribution is -2.18. The van der Waals surface area contributed by atoms with Gasteiger partial charge < -0.3 is 19.6 Å². The maximum absolute atomic E-state index is 9.58. The number of furan rings is 1. The van der Waals surface area contributed by atoms with Crippen LogP contribution in [-0.4, -0.2) is 41.4 Å². The number of aryl methyl sites for hydroxylation is 2. The maximum Gasteiger partial charge on any atom is 0.231 e. The fourth-order valence-corrected chi connectivity index (χ4v) is 1.95. The van der Waals surface area contributed by atoms with Crippen molar-refractivity contribution in [3.05, 3.63) is 17.7 Å². The van der Waals surface area contributed by atoms with Crippen LogP contribution in [0.1, 0.15) is 17.7 Å². The minimum Gasteiger partial charge on any atom is -0.443 e. The molecule has 1 unspecified atom stereocenters. The zero-order valence-electron chi connectivity index (χ0n) is 11.4. The molecule has 19 heavy (non-hydrogen) atoms. The number of rotatable bonds is 6. The average molecular weight is 265 g/mol. The Labute approximate surface area is 111 Å². The number of aliphatic hydroxyl groups excluding tert-OH is 1. The van der Waals surface area contributed by atoms with Gasteiger partial charge in [0.15, 0.2) is 0 Å². The van der Waals surface area contributed by atoms with Gasteiger partial charge in [0.1, 0.15) is 17.9 Å². The molecule has 2 rings (SSSR count). The molecule has 104 valence electrons. The smallest absolute Gasteiger partial charge is 0.231 e. The van der Waals surface area contributed by atoms with Gasteiger partial charge in [0.2, 0.25) is 5.71 Å². The van der Waals surface area contributed by atoms with E-state index in [1.54, 1.807) is 7.11 Å². The second kappa shape index (κ2) is 5.99. The number of hydrogen-bond acceptors (Lipinski definition) is 6. The predicted octanol–water partition coefficient (Wildman–Crippen LogP) is 1.65. The van der Waals surface area contributed by atoms with E-state index in [4.69, 9.17) is 9.15 Å². The first-order valence-electron chi connectivity index (χ1n) is 6.25. The second-order valence-electron chi connectivity index (χ2n) is 4.51. The zero-order valence-corrected chi connectivity index (χ0v) is 11.4. The molecule has 0 aliphatic heterocycles. The zero-order chi connectivity index (χ0) is 13.8. The molecule has 0 fully saturated rings. The van der Waals surface area contributed by atoms with Crippen LogP contribution >= 0.6 is 0 Å². The van der Waals surface area contributed by atoms with Crippen molar-refractivity contribution in [3.8, 4) is 0 Å². The highest BCUT2D eigenvalue weighted by Gasteiger charge is 2.13. The summed E-state index contributed by atoms with van der Waals surface area (Å²) in [6.45, 7) is 4.84. The monoisotopic (exact) mass is 265 g/mol. The first-order chi connectivity index (χ1) is 9.13. The molecule has 0 bridgehead atoms.